The van der Waals surface area contributed by atoms with E-state index in [-0.39, 0.29) is 5.91 Å². The van der Waals surface area contributed by atoms with Gasteiger partial charge in [-0.25, -0.2) is 0 Å². The van der Waals surface area contributed by atoms with Crippen LogP contribution in [0.25, 0.3) is 5.69 Å². The molecule has 1 aromatic carbocycles. The van der Waals surface area contributed by atoms with E-state index in [1.807, 2.05) is 68.8 Å². The zero-order valence-electron chi connectivity index (χ0n) is 11.7. The number of para-hydroxylation sites is 1. The van der Waals surface area contributed by atoms with E-state index < -0.39 is 5.41 Å². The summed E-state index contributed by atoms with van der Waals surface area (Å²) in [5.74, 6) is -0.0981. The quantitative estimate of drug-likeness (QED) is 0.785. The van der Waals surface area contributed by atoms with Crippen molar-refractivity contribution in [3.8, 4) is 5.69 Å². The normalized spacial score (nSPS) is 12.7. The summed E-state index contributed by atoms with van der Waals surface area (Å²) in [4.78, 5) is 18.2. The van der Waals surface area contributed by atoms with Gasteiger partial charge in [0.2, 0.25) is 0 Å². The lowest BCUT2D eigenvalue weighted by atomic mass is 9.96. The van der Waals surface area contributed by atoms with Gasteiger partial charge in [-0.1, -0.05) is 39.0 Å². The monoisotopic (exact) mass is 274 g/mol. The van der Waals surface area contributed by atoms with Crippen molar-refractivity contribution >= 4 is 17.2 Å². The molecule has 0 N–H and O–H groups in total. The van der Waals surface area contributed by atoms with Crippen molar-refractivity contribution in [2.24, 2.45) is 10.4 Å². The maximum Gasteiger partial charge on any atom is 0.253 e. The molecule has 0 spiro atoms. The number of hydrogen-bond acceptors (Lipinski definition) is 2. The van der Waals surface area contributed by atoms with E-state index in [1.54, 1.807) is 0 Å². The van der Waals surface area contributed by atoms with E-state index >= 15 is 0 Å². The Balaban J connectivity index is 2.54. The molecule has 2 rings (SSSR count). The number of benzene rings is 1. The highest BCUT2D eigenvalue weighted by Crippen LogP contribution is 2.15. The molecule has 0 saturated carbocycles. The summed E-state index contributed by atoms with van der Waals surface area (Å²) in [5, 5.41) is 0. The van der Waals surface area contributed by atoms with Gasteiger partial charge in [0.25, 0.3) is 5.91 Å². The van der Waals surface area contributed by atoms with Crippen molar-refractivity contribution in [1.82, 2.24) is 4.57 Å². The Bertz CT molecular complexity index is 645. The van der Waals surface area contributed by atoms with E-state index in [0.29, 0.717) is 0 Å². The second-order valence-electron chi connectivity index (χ2n) is 5.50. The molecule has 0 atom stereocenters. The summed E-state index contributed by atoms with van der Waals surface area (Å²) in [6.45, 7) is 7.66. The summed E-state index contributed by atoms with van der Waals surface area (Å²) >= 11 is 1.53. The van der Waals surface area contributed by atoms with Gasteiger partial charge in [-0.2, -0.15) is 4.99 Å². The van der Waals surface area contributed by atoms with Crippen LogP contribution >= 0.6 is 11.3 Å². The Labute approximate surface area is 117 Å². The van der Waals surface area contributed by atoms with Gasteiger partial charge in [0.1, 0.15) is 0 Å². The fourth-order valence-corrected chi connectivity index (χ4v) is 2.39. The fourth-order valence-electron chi connectivity index (χ4n) is 1.56. The molecule has 19 heavy (non-hydrogen) atoms. The molecule has 0 aliphatic carbocycles. The minimum Gasteiger partial charge on any atom is -0.292 e. The van der Waals surface area contributed by atoms with E-state index in [0.717, 1.165) is 15.4 Å². The Morgan fingerprint density at radius 2 is 1.84 bits per heavy atom. The number of aryl methyl sites for hydroxylation is 1. The molecular weight excluding hydrogens is 256 g/mol. The molecule has 4 heteroatoms. The highest BCUT2D eigenvalue weighted by molar-refractivity contribution is 7.09. The van der Waals surface area contributed by atoms with Crippen molar-refractivity contribution in [2.75, 3.05) is 0 Å². The van der Waals surface area contributed by atoms with Crippen LogP contribution in [0.4, 0.5) is 0 Å². The van der Waals surface area contributed by atoms with Gasteiger partial charge in [-0.05, 0) is 19.1 Å². The summed E-state index contributed by atoms with van der Waals surface area (Å²) in [5.41, 5.74) is 0.569. The van der Waals surface area contributed by atoms with Crippen LogP contribution in [0.3, 0.4) is 0 Å². The topological polar surface area (TPSA) is 34.4 Å². The number of aromatic nitrogens is 1. The SMILES string of the molecule is Cc1cn(-c2ccccc2)/c(=N/C(=O)C(C)(C)C)s1. The lowest BCUT2D eigenvalue weighted by Crippen LogP contribution is -2.22. The maximum absolute atomic E-state index is 12.1. The van der Waals surface area contributed by atoms with Gasteiger partial charge in [-0.15, -0.1) is 11.3 Å². The average Bonchev–Trinajstić information content (AvgIpc) is 2.70. The number of carbonyl (C=O) groups excluding carboxylic acids is 1. The fraction of sp³-hybridized carbons (Fsp3) is 0.333. The first-order valence-electron chi connectivity index (χ1n) is 6.21. The number of amides is 1. The third-order valence-corrected chi connectivity index (χ3v) is 3.54. The summed E-state index contributed by atoms with van der Waals surface area (Å²) < 4.78 is 1.96. The van der Waals surface area contributed by atoms with E-state index in [2.05, 4.69) is 4.99 Å². The number of hydrogen-bond donors (Lipinski definition) is 0. The van der Waals surface area contributed by atoms with E-state index in [4.69, 9.17) is 0 Å². The zero-order valence-corrected chi connectivity index (χ0v) is 12.5. The summed E-state index contributed by atoms with van der Waals surface area (Å²) in [7, 11) is 0. The first-order valence-corrected chi connectivity index (χ1v) is 7.03. The molecule has 0 aliphatic heterocycles. The molecule has 0 bridgehead atoms. The summed E-state index contributed by atoms with van der Waals surface area (Å²) in [6, 6.07) is 9.94. The van der Waals surface area contributed by atoms with Crippen LogP contribution in [0.1, 0.15) is 25.6 Å². The molecule has 100 valence electrons. The van der Waals surface area contributed by atoms with Crippen LogP contribution < -0.4 is 4.80 Å². The molecule has 1 amide bonds. The predicted molar refractivity (Wildman–Crippen MR) is 78.4 cm³/mol. The van der Waals surface area contributed by atoms with Crippen LogP contribution in [0.2, 0.25) is 0 Å². The molecule has 1 aromatic heterocycles. The average molecular weight is 274 g/mol. The third kappa shape index (κ3) is 3.20. The van der Waals surface area contributed by atoms with Gasteiger partial charge >= 0.3 is 0 Å². The molecule has 0 radical (unpaired) electrons. The highest BCUT2D eigenvalue weighted by atomic mass is 32.1. The second-order valence-corrected chi connectivity index (χ2v) is 6.71. The van der Waals surface area contributed by atoms with Crippen molar-refractivity contribution < 1.29 is 4.79 Å². The second kappa shape index (κ2) is 5.13. The standard InChI is InChI=1S/C15H18N2OS/c1-11-10-17(12-8-6-5-7-9-12)14(19-11)16-13(18)15(2,3)4/h5-10H,1-4H3/b16-14-. The number of carbonyl (C=O) groups is 1. The van der Waals surface area contributed by atoms with Crippen LogP contribution in [-0.4, -0.2) is 10.5 Å². The first kappa shape index (κ1) is 13.7. The molecular formula is C15H18N2OS. The van der Waals surface area contributed by atoms with Crippen molar-refractivity contribution in [3.63, 3.8) is 0 Å². The van der Waals surface area contributed by atoms with Crippen molar-refractivity contribution in [3.05, 3.63) is 46.2 Å². The lowest BCUT2D eigenvalue weighted by molar-refractivity contribution is -0.125. The smallest absolute Gasteiger partial charge is 0.253 e. The highest BCUT2D eigenvalue weighted by Gasteiger charge is 2.20. The molecule has 2 aromatic rings. The lowest BCUT2D eigenvalue weighted by Gasteiger charge is -2.11. The Kier molecular flexibility index (Phi) is 3.71. The van der Waals surface area contributed by atoms with Crippen molar-refractivity contribution in [1.29, 1.82) is 0 Å². The maximum atomic E-state index is 12.1. The van der Waals surface area contributed by atoms with Crippen LogP contribution in [0.5, 0.6) is 0 Å². The Morgan fingerprint density at radius 1 is 1.21 bits per heavy atom. The molecule has 0 unspecified atom stereocenters. The van der Waals surface area contributed by atoms with Crippen molar-refractivity contribution in [2.45, 2.75) is 27.7 Å². The predicted octanol–water partition coefficient (Wildman–Crippen LogP) is 3.32. The summed E-state index contributed by atoms with van der Waals surface area (Å²) in [6.07, 6.45) is 2.01. The van der Waals surface area contributed by atoms with Gasteiger partial charge in [-0.3, -0.25) is 9.36 Å². The third-order valence-electron chi connectivity index (χ3n) is 2.64. The molecule has 3 nitrogen and oxygen atoms in total. The van der Waals surface area contributed by atoms with E-state index in [9.17, 15) is 4.79 Å². The van der Waals surface area contributed by atoms with Gasteiger partial charge in [0, 0.05) is 22.2 Å². The molecule has 0 aliphatic rings. The number of nitrogens with zero attached hydrogens (tertiary/aromatic N) is 2. The van der Waals surface area contributed by atoms with Crippen LogP contribution in [-0.2, 0) is 4.79 Å². The molecule has 0 saturated heterocycles. The van der Waals surface area contributed by atoms with Gasteiger partial charge in [0.15, 0.2) is 4.80 Å². The minimum atomic E-state index is -0.452. The van der Waals surface area contributed by atoms with Crippen LogP contribution in [0.15, 0.2) is 41.5 Å². The largest absolute Gasteiger partial charge is 0.292 e. The first-order chi connectivity index (χ1) is 8.88. The number of thiazole rings is 1. The minimum absolute atomic E-state index is 0.0981. The van der Waals surface area contributed by atoms with E-state index in [1.165, 1.54) is 11.3 Å². The van der Waals surface area contributed by atoms with Crippen LogP contribution in [0, 0.1) is 12.3 Å². The molecule has 1 heterocycles. The van der Waals surface area contributed by atoms with Gasteiger partial charge < -0.3 is 0 Å². The Morgan fingerprint density at radius 3 is 2.42 bits per heavy atom. The number of rotatable bonds is 1. The Hall–Kier alpha value is -1.68. The molecule has 0 fully saturated rings. The van der Waals surface area contributed by atoms with Gasteiger partial charge in [0.05, 0.1) is 0 Å². The zero-order chi connectivity index (χ0) is 14.0.